The van der Waals surface area contributed by atoms with Crippen molar-refractivity contribution in [2.75, 3.05) is 6.61 Å². The Morgan fingerprint density at radius 2 is 1.50 bits per heavy atom. The van der Waals surface area contributed by atoms with Crippen molar-refractivity contribution in [2.45, 2.75) is 71.4 Å². The number of benzene rings is 2. The summed E-state index contributed by atoms with van der Waals surface area (Å²) >= 11 is 0. The van der Waals surface area contributed by atoms with E-state index in [9.17, 15) is 0 Å². The third kappa shape index (κ3) is 7.61. The Kier molecular flexibility index (Phi) is 9.89. The first-order valence-electron chi connectivity index (χ1n) is 10.3. The Balaban J connectivity index is 1.72. The van der Waals surface area contributed by atoms with Gasteiger partial charge in [0.15, 0.2) is 0 Å². The van der Waals surface area contributed by atoms with Gasteiger partial charge in [-0.1, -0.05) is 88.4 Å². The highest BCUT2D eigenvalue weighted by Gasteiger charge is 2.08. The van der Waals surface area contributed by atoms with Gasteiger partial charge in [-0.2, -0.15) is 0 Å². The van der Waals surface area contributed by atoms with Crippen LogP contribution in [0.15, 0.2) is 54.6 Å². The summed E-state index contributed by atoms with van der Waals surface area (Å²) in [7, 11) is 0. The lowest BCUT2D eigenvalue weighted by molar-refractivity contribution is 0.304. The van der Waals surface area contributed by atoms with Crippen LogP contribution in [0, 0.1) is 0 Å². The van der Waals surface area contributed by atoms with Crippen LogP contribution in [0.25, 0.3) is 0 Å². The van der Waals surface area contributed by atoms with E-state index >= 15 is 0 Å². The van der Waals surface area contributed by atoms with Crippen molar-refractivity contribution in [3.8, 4) is 5.75 Å². The molecule has 0 radical (unpaired) electrons. The van der Waals surface area contributed by atoms with Crippen molar-refractivity contribution in [1.82, 2.24) is 5.32 Å². The maximum absolute atomic E-state index is 5.89. The zero-order valence-corrected chi connectivity index (χ0v) is 16.5. The van der Waals surface area contributed by atoms with E-state index in [0.29, 0.717) is 6.04 Å². The molecule has 1 unspecified atom stereocenters. The fourth-order valence-corrected chi connectivity index (χ4v) is 3.20. The van der Waals surface area contributed by atoms with Crippen LogP contribution in [0.3, 0.4) is 0 Å². The average molecular weight is 354 g/mol. The van der Waals surface area contributed by atoms with Gasteiger partial charge in [-0.05, 0) is 36.1 Å². The molecule has 0 bridgehead atoms. The molecule has 2 heteroatoms. The predicted octanol–water partition coefficient (Wildman–Crippen LogP) is 6.67. The number of unbranched alkanes of at least 4 members (excludes halogenated alkanes) is 5. The Morgan fingerprint density at radius 1 is 0.808 bits per heavy atom. The van der Waals surface area contributed by atoms with Crippen molar-refractivity contribution in [3.63, 3.8) is 0 Å². The minimum Gasteiger partial charge on any atom is -0.494 e. The van der Waals surface area contributed by atoms with Gasteiger partial charge in [-0.3, -0.25) is 0 Å². The number of hydrogen-bond acceptors (Lipinski definition) is 2. The topological polar surface area (TPSA) is 21.3 Å². The smallest absolute Gasteiger partial charge is 0.119 e. The minimum atomic E-state index is 0.378. The lowest BCUT2D eigenvalue weighted by Gasteiger charge is -2.18. The third-order valence-electron chi connectivity index (χ3n) is 4.85. The summed E-state index contributed by atoms with van der Waals surface area (Å²) in [5.41, 5.74) is 2.65. The fourth-order valence-electron chi connectivity index (χ4n) is 3.20. The molecule has 0 fully saturated rings. The average Bonchev–Trinajstić information content (AvgIpc) is 2.69. The van der Waals surface area contributed by atoms with Crippen molar-refractivity contribution in [1.29, 1.82) is 0 Å². The summed E-state index contributed by atoms with van der Waals surface area (Å²) in [5, 5.41) is 3.66. The van der Waals surface area contributed by atoms with Crippen LogP contribution >= 0.6 is 0 Å². The summed E-state index contributed by atoms with van der Waals surface area (Å²) in [6.45, 7) is 6.21. The van der Waals surface area contributed by atoms with E-state index in [1.165, 1.54) is 43.2 Å². The first kappa shape index (κ1) is 20.5. The summed E-state index contributed by atoms with van der Waals surface area (Å²) in [4.78, 5) is 0. The Bertz CT molecular complexity index is 579. The van der Waals surface area contributed by atoms with Gasteiger partial charge < -0.3 is 10.1 Å². The molecule has 0 saturated carbocycles. The molecule has 0 aromatic heterocycles. The zero-order chi connectivity index (χ0) is 18.5. The zero-order valence-electron chi connectivity index (χ0n) is 16.5. The molecular formula is C24H35NO. The Hall–Kier alpha value is -1.80. The van der Waals surface area contributed by atoms with E-state index in [1.807, 2.05) is 0 Å². The number of nitrogens with one attached hydrogen (secondary N) is 1. The highest BCUT2D eigenvalue weighted by Crippen LogP contribution is 2.21. The number of ether oxygens (including phenoxy) is 1. The Morgan fingerprint density at radius 3 is 2.19 bits per heavy atom. The molecule has 2 nitrogen and oxygen atoms in total. The van der Waals surface area contributed by atoms with Gasteiger partial charge in [0, 0.05) is 12.6 Å². The van der Waals surface area contributed by atoms with Crippen LogP contribution in [0.4, 0.5) is 0 Å². The quantitative estimate of drug-likeness (QED) is 0.406. The predicted molar refractivity (Wildman–Crippen MR) is 112 cm³/mol. The van der Waals surface area contributed by atoms with Gasteiger partial charge in [0.2, 0.25) is 0 Å². The summed E-state index contributed by atoms with van der Waals surface area (Å²) in [5.74, 6) is 0.986. The molecule has 0 heterocycles. The van der Waals surface area contributed by atoms with Gasteiger partial charge in [-0.15, -0.1) is 0 Å². The first-order valence-corrected chi connectivity index (χ1v) is 10.3. The van der Waals surface area contributed by atoms with Crippen LogP contribution in [0.2, 0.25) is 0 Å². The number of rotatable bonds is 13. The SMILES string of the molecule is CCCCCCCCOc1ccc(C(CC)NCc2ccccc2)cc1. The maximum Gasteiger partial charge on any atom is 0.119 e. The second-order valence-electron chi connectivity index (χ2n) is 7.01. The second-order valence-corrected chi connectivity index (χ2v) is 7.01. The summed E-state index contributed by atoms with van der Waals surface area (Å²) in [6.07, 6.45) is 8.87. The lowest BCUT2D eigenvalue weighted by atomic mass is 10.0. The molecule has 0 aliphatic carbocycles. The van der Waals surface area contributed by atoms with Gasteiger partial charge in [-0.25, -0.2) is 0 Å². The van der Waals surface area contributed by atoms with Gasteiger partial charge >= 0.3 is 0 Å². The van der Waals surface area contributed by atoms with Gasteiger partial charge in [0.25, 0.3) is 0 Å². The summed E-state index contributed by atoms with van der Waals surface area (Å²) in [6, 6.07) is 19.6. The van der Waals surface area contributed by atoms with E-state index in [4.69, 9.17) is 4.74 Å². The van der Waals surface area contributed by atoms with E-state index in [-0.39, 0.29) is 0 Å². The normalized spacial score (nSPS) is 12.1. The molecule has 0 aliphatic rings. The van der Waals surface area contributed by atoms with Crippen LogP contribution in [0.5, 0.6) is 5.75 Å². The van der Waals surface area contributed by atoms with Gasteiger partial charge in [0.1, 0.15) is 5.75 Å². The Labute approximate surface area is 160 Å². The molecule has 0 aliphatic heterocycles. The third-order valence-corrected chi connectivity index (χ3v) is 4.85. The first-order chi connectivity index (χ1) is 12.8. The van der Waals surface area contributed by atoms with Crippen molar-refractivity contribution in [2.24, 2.45) is 0 Å². The number of hydrogen-bond donors (Lipinski definition) is 1. The van der Waals surface area contributed by atoms with Gasteiger partial charge in [0.05, 0.1) is 6.61 Å². The van der Waals surface area contributed by atoms with Crippen LogP contribution in [-0.2, 0) is 6.54 Å². The molecule has 2 aromatic rings. The second kappa shape index (κ2) is 12.5. The van der Waals surface area contributed by atoms with Crippen molar-refractivity contribution in [3.05, 3.63) is 65.7 Å². The largest absolute Gasteiger partial charge is 0.494 e. The van der Waals surface area contributed by atoms with Crippen LogP contribution in [-0.4, -0.2) is 6.61 Å². The minimum absolute atomic E-state index is 0.378. The molecule has 0 spiro atoms. The molecule has 0 amide bonds. The highest BCUT2D eigenvalue weighted by molar-refractivity contribution is 5.29. The van der Waals surface area contributed by atoms with E-state index < -0.39 is 0 Å². The standard InChI is InChI=1S/C24H35NO/c1-3-5-6-7-8-12-19-26-23-17-15-22(16-18-23)24(4-2)25-20-21-13-10-9-11-14-21/h9-11,13-18,24-25H,3-8,12,19-20H2,1-2H3. The molecule has 1 atom stereocenters. The fraction of sp³-hybridized carbons (Fsp3) is 0.500. The molecular weight excluding hydrogens is 318 g/mol. The lowest BCUT2D eigenvalue weighted by Crippen LogP contribution is -2.20. The molecule has 26 heavy (non-hydrogen) atoms. The van der Waals surface area contributed by atoms with Crippen LogP contribution in [0.1, 0.15) is 76.0 Å². The molecule has 2 aromatic carbocycles. The molecule has 2 rings (SSSR count). The van der Waals surface area contributed by atoms with Crippen molar-refractivity contribution < 1.29 is 4.74 Å². The maximum atomic E-state index is 5.89. The van der Waals surface area contributed by atoms with Crippen molar-refractivity contribution >= 4 is 0 Å². The van der Waals surface area contributed by atoms with E-state index in [0.717, 1.165) is 31.7 Å². The summed E-state index contributed by atoms with van der Waals surface area (Å²) < 4.78 is 5.89. The highest BCUT2D eigenvalue weighted by atomic mass is 16.5. The molecule has 142 valence electrons. The molecule has 0 saturated heterocycles. The van der Waals surface area contributed by atoms with Crippen LogP contribution < -0.4 is 10.1 Å². The van der Waals surface area contributed by atoms with E-state index in [1.54, 1.807) is 0 Å². The van der Waals surface area contributed by atoms with E-state index in [2.05, 4.69) is 73.8 Å². The monoisotopic (exact) mass is 353 g/mol. The molecule has 1 N–H and O–H groups in total.